The number of anilines is 1. The Labute approximate surface area is 182 Å². The number of hydrogen-bond donors (Lipinski definition) is 1. The third-order valence-corrected chi connectivity index (χ3v) is 6.32. The van der Waals surface area contributed by atoms with Gasteiger partial charge in [-0.05, 0) is 49.2 Å². The van der Waals surface area contributed by atoms with Crippen LogP contribution in [0.5, 0.6) is 0 Å². The van der Waals surface area contributed by atoms with Crippen molar-refractivity contribution in [2.45, 2.75) is 31.5 Å². The van der Waals surface area contributed by atoms with Crippen LogP contribution in [0.3, 0.4) is 0 Å². The highest BCUT2D eigenvalue weighted by atomic mass is 32.2. The zero-order valence-electron chi connectivity index (χ0n) is 17.1. The molecule has 1 aliphatic heterocycles. The van der Waals surface area contributed by atoms with Gasteiger partial charge in [-0.1, -0.05) is 23.9 Å². The molecule has 156 valence electrons. The second-order valence-electron chi connectivity index (χ2n) is 7.64. The van der Waals surface area contributed by atoms with E-state index in [0.29, 0.717) is 27.8 Å². The first kappa shape index (κ1) is 19.5. The fourth-order valence-electron chi connectivity index (χ4n) is 3.74. The van der Waals surface area contributed by atoms with Gasteiger partial charge in [0.15, 0.2) is 10.8 Å². The molecule has 0 saturated carbocycles. The number of aryl methyl sites for hydroxylation is 2. The van der Waals surface area contributed by atoms with Crippen molar-refractivity contribution in [2.24, 2.45) is 0 Å². The van der Waals surface area contributed by atoms with Gasteiger partial charge in [-0.15, -0.1) is 0 Å². The van der Waals surface area contributed by atoms with Crippen molar-refractivity contribution in [3.63, 3.8) is 0 Å². The average molecular weight is 433 g/mol. The maximum Gasteiger partial charge on any atom is 0.265 e. The molecule has 0 spiro atoms. The number of nitrogens with one attached hydrogen (secondary N) is 1. The molecular formula is C22H20N6O2S. The minimum absolute atomic E-state index is 0.171. The number of carbonyl (C=O) groups excluding carboxylic acids is 1. The second kappa shape index (κ2) is 7.66. The van der Waals surface area contributed by atoms with Crippen LogP contribution in [0, 0.1) is 13.8 Å². The lowest BCUT2D eigenvalue weighted by atomic mass is 10.2. The Morgan fingerprint density at radius 1 is 1.23 bits per heavy atom. The molecule has 0 fully saturated rings. The van der Waals surface area contributed by atoms with Gasteiger partial charge in [0.1, 0.15) is 11.2 Å². The quantitative estimate of drug-likeness (QED) is 0.498. The summed E-state index contributed by atoms with van der Waals surface area (Å²) in [6.45, 7) is 3.95. The standard InChI is InChI=1S/C22H20N6O2S/c1-13-4-3-5-15(8-13)28-20-17(11-24-28)21(30)27-16(12-31-22(27)26-20)10-19(29)25-18-9-14(2)6-7-23-18/h3-9,11,16H,10,12H2,1-2H3,(H,23,25,29)/t16-/m1/s1. The normalized spacial score (nSPS) is 15.2. The highest BCUT2D eigenvalue weighted by molar-refractivity contribution is 7.99. The van der Waals surface area contributed by atoms with Gasteiger partial charge in [-0.25, -0.2) is 14.6 Å². The highest BCUT2D eigenvalue weighted by Crippen LogP contribution is 2.33. The van der Waals surface area contributed by atoms with Crippen molar-refractivity contribution < 1.29 is 4.79 Å². The molecule has 1 N–H and O–H groups in total. The third-order valence-electron chi connectivity index (χ3n) is 5.22. The van der Waals surface area contributed by atoms with E-state index in [1.165, 1.54) is 11.8 Å². The van der Waals surface area contributed by atoms with Gasteiger partial charge in [-0.2, -0.15) is 5.10 Å². The summed E-state index contributed by atoms with van der Waals surface area (Å²) in [7, 11) is 0. The number of pyridine rings is 1. The second-order valence-corrected chi connectivity index (χ2v) is 8.62. The summed E-state index contributed by atoms with van der Waals surface area (Å²) in [5.74, 6) is 0.941. The summed E-state index contributed by atoms with van der Waals surface area (Å²) >= 11 is 1.48. The SMILES string of the molecule is Cc1cccc(-n2ncc3c(=O)n4c(nc32)SC[C@H]4CC(=O)Nc2cc(C)ccn2)c1. The molecule has 31 heavy (non-hydrogen) atoms. The van der Waals surface area contributed by atoms with Gasteiger partial charge in [-0.3, -0.25) is 14.2 Å². The van der Waals surface area contributed by atoms with Crippen LogP contribution < -0.4 is 10.9 Å². The van der Waals surface area contributed by atoms with Crippen LogP contribution in [0.15, 0.2) is 58.7 Å². The van der Waals surface area contributed by atoms with Crippen LogP contribution in [0.1, 0.15) is 23.6 Å². The van der Waals surface area contributed by atoms with Crippen LogP contribution in [0.25, 0.3) is 16.7 Å². The molecule has 5 rings (SSSR count). The zero-order chi connectivity index (χ0) is 21.5. The number of aromatic nitrogens is 5. The maximum atomic E-state index is 13.2. The first-order valence-electron chi connectivity index (χ1n) is 9.92. The van der Waals surface area contributed by atoms with Gasteiger partial charge < -0.3 is 5.32 Å². The molecule has 1 aliphatic rings. The van der Waals surface area contributed by atoms with Crippen LogP contribution >= 0.6 is 11.8 Å². The average Bonchev–Trinajstić information content (AvgIpc) is 3.33. The van der Waals surface area contributed by atoms with Crippen molar-refractivity contribution in [3.8, 4) is 5.69 Å². The van der Waals surface area contributed by atoms with Gasteiger partial charge >= 0.3 is 0 Å². The molecule has 9 heteroatoms. The lowest BCUT2D eigenvalue weighted by molar-refractivity contribution is -0.116. The first-order chi connectivity index (χ1) is 15.0. The Bertz CT molecular complexity index is 1380. The summed E-state index contributed by atoms with van der Waals surface area (Å²) < 4.78 is 3.31. The number of amides is 1. The molecule has 1 aromatic carbocycles. The molecule has 0 unspecified atom stereocenters. The first-order valence-corrected chi connectivity index (χ1v) is 10.9. The third kappa shape index (κ3) is 3.61. The summed E-state index contributed by atoms with van der Waals surface area (Å²) in [5.41, 5.74) is 3.33. The fraction of sp³-hybridized carbons (Fsp3) is 0.227. The highest BCUT2D eigenvalue weighted by Gasteiger charge is 2.29. The fourth-order valence-corrected chi connectivity index (χ4v) is 4.87. The number of rotatable bonds is 4. The van der Waals surface area contributed by atoms with E-state index in [9.17, 15) is 9.59 Å². The summed E-state index contributed by atoms with van der Waals surface area (Å²) in [6.07, 6.45) is 3.38. The Morgan fingerprint density at radius 2 is 2.06 bits per heavy atom. The minimum atomic E-state index is -0.267. The molecule has 3 aromatic heterocycles. The Morgan fingerprint density at radius 3 is 2.87 bits per heavy atom. The van der Waals surface area contributed by atoms with Crippen molar-refractivity contribution in [1.82, 2.24) is 24.3 Å². The number of fused-ring (bicyclic) bond motifs is 2. The molecule has 0 saturated heterocycles. The van der Waals surface area contributed by atoms with Gasteiger partial charge in [0.25, 0.3) is 5.56 Å². The van der Waals surface area contributed by atoms with E-state index in [2.05, 4.69) is 15.4 Å². The van der Waals surface area contributed by atoms with Gasteiger partial charge in [0.2, 0.25) is 5.91 Å². The van der Waals surface area contributed by atoms with Crippen LogP contribution in [-0.2, 0) is 4.79 Å². The molecule has 0 aliphatic carbocycles. The molecule has 0 radical (unpaired) electrons. The van der Waals surface area contributed by atoms with E-state index in [4.69, 9.17) is 4.98 Å². The number of carbonyl (C=O) groups is 1. The topological polar surface area (TPSA) is 94.7 Å². The van der Waals surface area contributed by atoms with E-state index >= 15 is 0 Å². The Kier molecular flexibility index (Phi) is 4.82. The number of benzene rings is 1. The summed E-state index contributed by atoms with van der Waals surface area (Å²) in [6, 6.07) is 11.3. The van der Waals surface area contributed by atoms with E-state index in [-0.39, 0.29) is 23.9 Å². The summed E-state index contributed by atoms with van der Waals surface area (Å²) in [5, 5.41) is 8.27. The van der Waals surface area contributed by atoms with Gasteiger partial charge in [0, 0.05) is 18.4 Å². The number of nitrogens with zero attached hydrogens (tertiary/aromatic N) is 5. The van der Waals surface area contributed by atoms with E-state index in [0.717, 1.165) is 16.8 Å². The maximum absolute atomic E-state index is 13.2. The lowest BCUT2D eigenvalue weighted by Gasteiger charge is -2.13. The van der Waals surface area contributed by atoms with E-state index in [1.54, 1.807) is 21.6 Å². The van der Waals surface area contributed by atoms with Crippen molar-refractivity contribution in [1.29, 1.82) is 0 Å². The predicted octanol–water partition coefficient (Wildman–Crippen LogP) is 3.27. The molecule has 0 bridgehead atoms. The Hall–Kier alpha value is -3.46. The molecule has 4 aromatic rings. The predicted molar refractivity (Wildman–Crippen MR) is 120 cm³/mol. The number of thioether (sulfide) groups is 1. The zero-order valence-corrected chi connectivity index (χ0v) is 17.9. The van der Waals surface area contributed by atoms with Gasteiger partial charge in [0.05, 0.1) is 17.9 Å². The largest absolute Gasteiger partial charge is 0.311 e. The minimum Gasteiger partial charge on any atom is -0.311 e. The number of hydrogen-bond acceptors (Lipinski definition) is 6. The molecule has 1 amide bonds. The van der Waals surface area contributed by atoms with Crippen molar-refractivity contribution >= 4 is 34.5 Å². The lowest BCUT2D eigenvalue weighted by Crippen LogP contribution is -2.28. The molecular weight excluding hydrogens is 412 g/mol. The molecule has 1 atom stereocenters. The summed E-state index contributed by atoms with van der Waals surface area (Å²) in [4.78, 5) is 34.7. The Balaban J connectivity index is 1.45. The smallest absolute Gasteiger partial charge is 0.265 e. The van der Waals surface area contributed by atoms with Crippen LogP contribution in [0.4, 0.5) is 5.82 Å². The van der Waals surface area contributed by atoms with E-state index < -0.39 is 0 Å². The van der Waals surface area contributed by atoms with Crippen LogP contribution in [0.2, 0.25) is 0 Å². The monoisotopic (exact) mass is 432 g/mol. The van der Waals surface area contributed by atoms with Crippen molar-refractivity contribution in [3.05, 3.63) is 70.3 Å². The van der Waals surface area contributed by atoms with Crippen molar-refractivity contribution in [2.75, 3.05) is 11.1 Å². The van der Waals surface area contributed by atoms with E-state index in [1.807, 2.05) is 50.2 Å². The molecule has 8 nitrogen and oxygen atoms in total. The molecule has 4 heterocycles. The van der Waals surface area contributed by atoms with Crippen LogP contribution in [-0.4, -0.2) is 36.0 Å².